The number of aryl methyl sites for hydroxylation is 2. The highest BCUT2D eigenvalue weighted by Crippen LogP contribution is 2.25. The van der Waals surface area contributed by atoms with Gasteiger partial charge in [-0.3, -0.25) is 9.36 Å². The highest BCUT2D eigenvalue weighted by atomic mass is 32.1. The summed E-state index contributed by atoms with van der Waals surface area (Å²) in [6.07, 6.45) is 0.801. The maximum absolute atomic E-state index is 12.5. The molecule has 4 nitrogen and oxygen atoms in total. The average Bonchev–Trinajstić information content (AvgIpc) is 2.79. The normalized spacial score (nSPS) is 12.7. The van der Waals surface area contributed by atoms with Crippen LogP contribution in [0.15, 0.2) is 41.5 Å². The van der Waals surface area contributed by atoms with Gasteiger partial charge in [0.1, 0.15) is 4.83 Å². The summed E-state index contributed by atoms with van der Waals surface area (Å²) in [6.45, 7) is 4.14. The van der Waals surface area contributed by atoms with Crippen LogP contribution in [0.2, 0.25) is 0 Å². The first-order valence-electron chi connectivity index (χ1n) is 6.76. The van der Waals surface area contributed by atoms with Crippen molar-refractivity contribution in [2.24, 2.45) is 0 Å². The standard InChI is InChI=1S/C16H16N2O2S/c1-10-11(2)21-15-14(10)16(20)18(9-17-15)8-13(19)12-6-4-3-5-7-12/h3-7,9,13,19H,8H2,1-2H3. The van der Waals surface area contributed by atoms with Gasteiger partial charge in [-0.1, -0.05) is 30.3 Å². The van der Waals surface area contributed by atoms with E-state index in [-0.39, 0.29) is 12.1 Å². The number of nitrogens with zero attached hydrogens (tertiary/aromatic N) is 2. The summed E-state index contributed by atoms with van der Waals surface area (Å²) in [6, 6.07) is 9.33. The summed E-state index contributed by atoms with van der Waals surface area (Å²) >= 11 is 1.53. The number of thiophene rings is 1. The van der Waals surface area contributed by atoms with Crippen molar-refractivity contribution in [3.8, 4) is 0 Å². The molecule has 2 aromatic heterocycles. The molecule has 1 aromatic carbocycles. The number of hydrogen-bond donors (Lipinski definition) is 1. The summed E-state index contributed by atoms with van der Waals surface area (Å²) in [5, 5.41) is 10.9. The predicted molar refractivity (Wildman–Crippen MR) is 84.8 cm³/mol. The minimum absolute atomic E-state index is 0.0863. The lowest BCUT2D eigenvalue weighted by molar-refractivity contribution is 0.155. The number of hydrogen-bond acceptors (Lipinski definition) is 4. The van der Waals surface area contributed by atoms with Gasteiger partial charge in [0.2, 0.25) is 0 Å². The van der Waals surface area contributed by atoms with Gasteiger partial charge >= 0.3 is 0 Å². The second-order valence-electron chi connectivity index (χ2n) is 5.09. The molecule has 2 heterocycles. The maximum atomic E-state index is 12.5. The molecule has 0 saturated heterocycles. The van der Waals surface area contributed by atoms with Crippen molar-refractivity contribution in [1.82, 2.24) is 9.55 Å². The molecule has 0 fully saturated rings. The number of benzene rings is 1. The summed E-state index contributed by atoms with van der Waals surface area (Å²) in [4.78, 5) is 18.8. The molecule has 0 saturated carbocycles. The van der Waals surface area contributed by atoms with Crippen LogP contribution in [0.5, 0.6) is 0 Å². The second-order valence-corrected chi connectivity index (χ2v) is 6.30. The molecule has 3 aromatic rings. The van der Waals surface area contributed by atoms with Crippen LogP contribution in [0.3, 0.4) is 0 Å². The monoisotopic (exact) mass is 300 g/mol. The molecule has 1 N–H and O–H groups in total. The Balaban J connectivity index is 2.00. The second kappa shape index (κ2) is 5.42. The van der Waals surface area contributed by atoms with Crippen molar-refractivity contribution in [3.63, 3.8) is 0 Å². The fourth-order valence-corrected chi connectivity index (χ4v) is 3.35. The zero-order valence-corrected chi connectivity index (χ0v) is 12.7. The van der Waals surface area contributed by atoms with Crippen molar-refractivity contribution in [2.45, 2.75) is 26.5 Å². The van der Waals surface area contributed by atoms with E-state index < -0.39 is 6.10 Å². The van der Waals surface area contributed by atoms with Crippen LogP contribution < -0.4 is 5.56 Å². The number of rotatable bonds is 3. The summed E-state index contributed by atoms with van der Waals surface area (Å²) < 4.78 is 1.49. The minimum atomic E-state index is -0.719. The molecule has 1 atom stereocenters. The Labute approximate surface area is 126 Å². The smallest absolute Gasteiger partial charge is 0.262 e. The lowest BCUT2D eigenvalue weighted by atomic mass is 10.1. The molecular weight excluding hydrogens is 284 g/mol. The zero-order chi connectivity index (χ0) is 15.0. The fraction of sp³-hybridized carbons (Fsp3) is 0.250. The quantitative estimate of drug-likeness (QED) is 0.809. The lowest BCUT2D eigenvalue weighted by Crippen LogP contribution is -2.23. The van der Waals surface area contributed by atoms with E-state index in [0.717, 1.165) is 20.8 Å². The first-order valence-corrected chi connectivity index (χ1v) is 7.57. The van der Waals surface area contributed by atoms with Gasteiger partial charge in [-0.15, -0.1) is 11.3 Å². The molecular formula is C16H16N2O2S. The molecule has 0 aliphatic heterocycles. The number of aromatic nitrogens is 2. The van der Waals surface area contributed by atoms with Crippen LogP contribution in [0.25, 0.3) is 10.2 Å². The van der Waals surface area contributed by atoms with E-state index in [9.17, 15) is 9.90 Å². The van der Waals surface area contributed by atoms with Crippen molar-refractivity contribution in [3.05, 3.63) is 63.0 Å². The maximum Gasteiger partial charge on any atom is 0.262 e. The third-order valence-electron chi connectivity index (χ3n) is 3.71. The van der Waals surface area contributed by atoms with Gasteiger partial charge < -0.3 is 5.11 Å². The van der Waals surface area contributed by atoms with E-state index in [1.165, 1.54) is 22.2 Å². The van der Waals surface area contributed by atoms with Crippen LogP contribution in [0.4, 0.5) is 0 Å². The molecule has 3 rings (SSSR count). The Hall–Kier alpha value is -1.98. The summed E-state index contributed by atoms with van der Waals surface area (Å²) in [5.41, 5.74) is 1.69. The van der Waals surface area contributed by atoms with Gasteiger partial charge in [0.25, 0.3) is 5.56 Å². The third kappa shape index (κ3) is 2.50. The van der Waals surface area contributed by atoms with Crippen LogP contribution in [0, 0.1) is 13.8 Å². The van der Waals surface area contributed by atoms with Gasteiger partial charge in [0.15, 0.2) is 0 Å². The molecule has 0 aliphatic rings. The van der Waals surface area contributed by atoms with E-state index in [0.29, 0.717) is 5.39 Å². The minimum Gasteiger partial charge on any atom is -0.387 e. The molecule has 0 aliphatic carbocycles. The molecule has 5 heteroatoms. The molecule has 0 bridgehead atoms. The van der Waals surface area contributed by atoms with Gasteiger partial charge in [0, 0.05) is 4.88 Å². The molecule has 0 radical (unpaired) electrons. The van der Waals surface area contributed by atoms with Gasteiger partial charge in [-0.05, 0) is 25.0 Å². The summed E-state index contributed by atoms with van der Waals surface area (Å²) in [7, 11) is 0. The van der Waals surface area contributed by atoms with Crippen LogP contribution in [-0.4, -0.2) is 14.7 Å². The van der Waals surface area contributed by atoms with Gasteiger partial charge in [0.05, 0.1) is 24.4 Å². The Morgan fingerprint density at radius 3 is 2.71 bits per heavy atom. The topological polar surface area (TPSA) is 55.1 Å². The van der Waals surface area contributed by atoms with Crippen molar-refractivity contribution >= 4 is 21.6 Å². The highest BCUT2D eigenvalue weighted by molar-refractivity contribution is 7.18. The Morgan fingerprint density at radius 2 is 2.00 bits per heavy atom. The first-order chi connectivity index (χ1) is 10.1. The molecule has 0 amide bonds. The Bertz CT molecular complexity index is 837. The Morgan fingerprint density at radius 1 is 1.29 bits per heavy atom. The zero-order valence-electron chi connectivity index (χ0n) is 11.9. The predicted octanol–water partition coefficient (Wildman–Crippen LogP) is 2.81. The molecule has 108 valence electrons. The summed E-state index contributed by atoms with van der Waals surface area (Å²) in [5.74, 6) is 0. The number of fused-ring (bicyclic) bond motifs is 1. The van der Waals surface area contributed by atoms with Crippen molar-refractivity contribution in [1.29, 1.82) is 0 Å². The number of aliphatic hydroxyl groups is 1. The van der Waals surface area contributed by atoms with Crippen molar-refractivity contribution < 1.29 is 5.11 Å². The average molecular weight is 300 g/mol. The van der Waals surface area contributed by atoms with E-state index in [4.69, 9.17) is 0 Å². The van der Waals surface area contributed by atoms with E-state index >= 15 is 0 Å². The van der Waals surface area contributed by atoms with Gasteiger partial charge in [-0.25, -0.2) is 4.98 Å². The van der Waals surface area contributed by atoms with E-state index in [1.54, 1.807) is 0 Å². The molecule has 21 heavy (non-hydrogen) atoms. The van der Waals surface area contributed by atoms with E-state index in [1.807, 2.05) is 44.2 Å². The largest absolute Gasteiger partial charge is 0.387 e. The van der Waals surface area contributed by atoms with Crippen LogP contribution >= 0.6 is 11.3 Å². The lowest BCUT2D eigenvalue weighted by Gasteiger charge is -2.12. The highest BCUT2D eigenvalue weighted by Gasteiger charge is 2.14. The van der Waals surface area contributed by atoms with Gasteiger partial charge in [-0.2, -0.15) is 0 Å². The van der Waals surface area contributed by atoms with Crippen molar-refractivity contribution in [2.75, 3.05) is 0 Å². The third-order valence-corrected chi connectivity index (χ3v) is 4.83. The van der Waals surface area contributed by atoms with Crippen LogP contribution in [-0.2, 0) is 6.54 Å². The number of aliphatic hydroxyl groups excluding tert-OH is 1. The first kappa shape index (κ1) is 14.0. The SMILES string of the molecule is Cc1sc2ncn(CC(O)c3ccccc3)c(=O)c2c1C. The Kier molecular flexibility index (Phi) is 3.61. The van der Waals surface area contributed by atoms with E-state index in [2.05, 4.69) is 4.98 Å². The fourth-order valence-electron chi connectivity index (χ4n) is 2.37. The molecule has 1 unspecified atom stereocenters. The van der Waals surface area contributed by atoms with Crippen LogP contribution in [0.1, 0.15) is 22.1 Å². The molecule has 0 spiro atoms.